The third-order valence-corrected chi connectivity index (χ3v) is 3.75. The van der Waals surface area contributed by atoms with Crippen molar-refractivity contribution in [1.82, 2.24) is 15.6 Å². The van der Waals surface area contributed by atoms with E-state index in [0.29, 0.717) is 6.54 Å². The predicted molar refractivity (Wildman–Crippen MR) is 114 cm³/mol. The Labute approximate surface area is 167 Å². The molecule has 2 rings (SSSR count). The van der Waals surface area contributed by atoms with E-state index < -0.39 is 0 Å². The van der Waals surface area contributed by atoms with Crippen LogP contribution in [0.4, 0.5) is 0 Å². The second kappa shape index (κ2) is 11.7. The number of guanidine groups is 1. The van der Waals surface area contributed by atoms with E-state index in [1.54, 1.807) is 7.11 Å². The lowest BCUT2D eigenvalue weighted by Crippen LogP contribution is -2.38. The summed E-state index contributed by atoms with van der Waals surface area (Å²) in [4.78, 5) is 8.76. The number of hydrogen-bond acceptors (Lipinski definition) is 3. The number of nitrogens with zero attached hydrogens (tertiary/aromatic N) is 2. The standard InChI is InChI=1S/C19H26N4O.HI/c1-4-21-19(22-12-10-17-9-11-20-13-15(17)2)23-14-16-5-7-18(24-3)8-6-16;/h5-9,11,13H,4,10,12,14H2,1-3H3,(H2,21,22,23);1H. The number of aryl methyl sites for hydroxylation is 1. The molecule has 1 aromatic carbocycles. The maximum absolute atomic E-state index is 5.17. The van der Waals surface area contributed by atoms with Gasteiger partial charge in [0, 0.05) is 25.5 Å². The van der Waals surface area contributed by atoms with Crippen LogP contribution in [0, 0.1) is 6.92 Å². The fourth-order valence-electron chi connectivity index (χ4n) is 2.34. The molecular formula is C19H27IN4O. The molecule has 0 aliphatic rings. The van der Waals surface area contributed by atoms with Crippen LogP contribution in [0.25, 0.3) is 0 Å². The number of benzene rings is 1. The number of rotatable bonds is 7. The summed E-state index contributed by atoms with van der Waals surface area (Å²) in [6.45, 7) is 6.46. The molecule has 0 amide bonds. The van der Waals surface area contributed by atoms with Gasteiger partial charge in [-0.1, -0.05) is 12.1 Å². The molecule has 0 aliphatic heterocycles. The summed E-state index contributed by atoms with van der Waals surface area (Å²) in [5.74, 6) is 1.69. The molecule has 6 heteroatoms. The Bertz CT molecular complexity index is 659. The third-order valence-electron chi connectivity index (χ3n) is 3.75. The van der Waals surface area contributed by atoms with E-state index in [0.717, 1.165) is 36.8 Å². The highest BCUT2D eigenvalue weighted by Crippen LogP contribution is 2.11. The fraction of sp³-hybridized carbons (Fsp3) is 0.368. The Morgan fingerprint density at radius 1 is 1.16 bits per heavy atom. The number of aliphatic imine (C=N–C) groups is 1. The largest absolute Gasteiger partial charge is 0.497 e. The van der Waals surface area contributed by atoms with E-state index in [2.05, 4.69) is 40.5 Å². The van der Waals surface area contributed by atoms with Gasteiger partial charge < -0.3 is 15.4 Å². The van der Waals surface area contributed by atoms with Gasteiger partial charge in [0.05, 0.1) is 13.7 Å². The van der Waals surface area contributed by atoms with E-state index in [9.17, 15) is 0 Å². The van der Waals surface area contributed by atoms with Gasteiger partial charge in [0.25, 0.3) is 0 Å². The van der Waals surface area contributed by atoms with Crippen molar-refractivity contribution >= 4 is 29.9 Å². The van der Waals surface area contributed by atoms with Gasteiger partial charge in [-0.3, -0.25) is 4.98 Å². The zero-order valence-corrected chi connectivity index (χ0v) is 17.4. The highest BCUT2D eigenvalue weighted by Gasteiger charge is 2.01. The van der Waals surface area contributed by atoms with Crippen molar-refractivity contribution in [2.24, 2.45) is 4.99 Å². The number of pyridine rings is 1. The number of nitrogens with one attached hydrogen (secondary N) is 2. The Balaban J connectivity index is 0.00000312. The first-order chi connectivity index (χ1) is 11.7. The summed E-state index contributed by atoms with van der Waals surface area (Å²) in [5.41, 5.74) is 3.68. The molecule has 0 unspecified atom stereocenters. The average molecular weight is 454 g/mol. The van der Waals surface area contributed by atoms with E-state index in [1.165, 1.54) is 11.1 Å². The molecule has 5 nitrogen and oxygen atoms in total. The number of methoxy groups -OCH3 is 1. The van der Waals surface area contributed by atoms with Gasteiger partial charge in [0.2, 0.25) is 0 Å². The van der Waals surface area contributed by atoms with Crippen molar-refractivity contribution in [3.63, 3.8) is 0 Å². The van der Waals surface area contributed by atoms with E-state index >= 15 is 0 Å². The van der Waals surface area contributed by atoms with Gasteiger partial charge in [-0.05, 0) is 55.2 Å². The number of halogens is 1. The molecule has 0 spiro atoms. The molecule has 25 heavy (non-hydrogen) atoms. The average Bonchev–Trinajstić information content (AvgIpc) is 2.61. The molecule has 2 N–H and O–H groups in total. The summed E-state index contributed by atoms with van der Waals surface area (Å²) in [7, 11) is 1.67. The van der Waals surface area contributed by atoms with Crippen molar-refractivity contribution in [2.45, 2.75) is 26.8 Å². The molecule has 0 fully saturated rings. The van der Waals surface area contributed by atoms with Gasteiger partial charge in [-0.25, -0.2) is 4.99 Å². The van der Waals surface area contributed by atoms with Gasteiger partial charge in [-0.2, -0.15) is 0 Å². The van der Waals surface area contributed by atoms with Gasteiger partial charge >= 0.3 is 0 Å². The van der Waals surface area contributed by atoms with Crippen molar-refractivity contribution < 1.29 is 4.74 Å². The fourth-order valence-corrected chi connectivity index (χ4v) is 2.34. The first-order valence-corrected chi connectivity index (χ1v) is 8.27. The van der Waals surface area contributed by atoms with Crippen LogP contribution in [0.1, 0.15) is 23.6 Å². The zero-order chi connectivity index (χ0) is 17.2. The highest BCUT2D eigenvalue weighted by atomic mass is 127. The van der Waals surface area contributed by atoms with Gasteiger partial charge in [-0.15, -0.1) is 24.0 Å². The molecule has 0 saturated carbocycles. The van der Waals surface area contributed by atoms with Crippen LogP contribution < -0.4 is 15.4 Å². The first kappa shape index (κ1) is 21.2. The van der Waals surface area contributed by atoms with Crippen molar-refractivity contribution in [1.29, 1.82) is 0 Å². The minimum atomic E-state index is 0. The Kier molecular flexibility index (Phi) is 9.91. The molecule has 2 aromatic rings. The number of ether oxygens (including phenoxy) is 1. The second-order valence-electron chi connectivity index (χ2n) is 5.52. The van der Waals surface area contributed by atoms with Crippen LogP contribution in [-0.4, -0.2) is 31.1 Å². The maximum Gasteiger partial charge on any atom is 0.191 e. The van der Waals surface area contributed by atoms with Crippen LogP contribution >= 0.6 is 24.0 Å². The van der Waals surface area contributed by atoms with Crippen LogP contribution in [0.3, 0.4) is 0 Å². The van der Waals surface area contributed by atoms with Crippen LogP contribution in [0.5, 0.6) is 5.75 Å². The summed E-state index contributed by atoms with van der Waals surface area (Å²) in [6, 6.07) is 10.0. The minimum absolute atomic E-state index is 0. The monoisotopic (exact) mass is 454 g/mol. The summed E-state index contributed by atoms with van der Waals surface area (Å²) in [6.07, 6.45) is 4.69. The zero-order valence-electron chi connectivity index (χ0n) is 15.1. The molecule has 0 aliphatic carbocycles. The van der Waals surface area contributed by atoms with E-state index in [-0.39, 0.29) is 24.0 Å². The quantitative estimate of drug-likeness (QED) is 0.383. The molecule has 1 heterocycles. The van der Waals surface area contributed by atoms with Crippen LogP contribution in [0.15, 0.2) is 47.7 Å². The van der Waals surface area contributed by atoms with Crippen LogP contribution in [-0.2, 0) is 13.0 Å². The normalized spacial score (nSPS) is 10.8. The topological polar surface area (TPSA) is 58.5 Å². The van der Waals surface area contributed by atoms with Crippen molar-refractivity contribution in [3.8, 4) is 5.75 Å². The highest BCUT2D eigenvalue weighted by molar-refractivity contribution is 14.0. The number of hydrogen-bond donors (Lipinski definition) is 2. The maximum atomic E-state index is 5.17. The number of aromatic nitrogens is 1. The summed E-state index contributed by atoms with van der Waals surface area (Å²) < 4.78 is 5.17. The molecule has 0 radical (unpaired) electrons. The second-order valence-corrected chi connectivity index (χ2v) is 5.52. The summed E-state index contributed by atoms with van der Waals surface area (Å²) in [5, 5.41) is 6.66. The van der Waals surface area contributed by atoms with Gasteiger partial charge in [0.1, 0.15) is 5.75 Å². The first-order valence-electron chi connectivity index (χ1n) is 8.27. The minimum Gasteiger partial charge on any atom is -0.497 e. The van der Waals surface area contributed by atoms with Gasteiger partial charge in [0.15, 0.2) is 5.96 Å². The summed E-state index contributed by atoms with van der Waals surface area (Å²) >= 11 is 0. The molecule has 0 saturated heterocycles. The Morgan fingerprint density at radius 3 is 2.56 bits per heavy atom. The van der Waals surface area contributed by atoms with Crippen molar-refractivity contribution in [3.05, 3.63) is 59.4 Å². The van der Waals surface area contributed by atoms with E-state index in [1.807, 2.05) is 36.7 Å². The van der Waals surface area contributed by atoms with Crippen LogP contribution in [0.2, 0.25) is 0 Å². The molecule has 136 valence electrons. The third kappa shape index (κ3) is 7.29. The predicted octanol–water partition coefficient (Wildman–Crippen LogP) is 3.31. The Morgan fingerprint density at radius 2 is 1.92 bits per heavy atom. The molecule has 0 atom stereocenters. The molecule has 1 aromatic heterocycles. The lowest BCUT2D eigenvalue weighted by Gasteiger charge is -2.12. The molecule has 0 bridgehead atoms. The lowest BCUT2D eigenvalue weighted by atomic mass is 10.1. The lowest BCUT2D eigenvalue weighted by molar-refractivity contribution is 0.414. The van der Waals surface area contributed by atoms with Crippen molar-refractivity contribution in [2.75, 3.05) is 20.2 Å². The molecular weight excluding hydrogens is 427 g/mol. The Hall–Kier alpha value is -1.83. The SMILES string of the molecule is CCNC(=NCc1ccc(OC)cc1)NCCc1ccncc1C.I. The van der Waals surface area contributed by atoms with E-state index in [4.69, 9.17) is 4.74 Å². The smallest absolute Gasteiger partial charge is 0.191 e.